The summed E-state index contributed by atoms with van der Waals surface area (Å²) in [5, 5.41) is 0.626. The number of pyridine rings is 2. The molecule has 0 N–H and O–H groups in total. The minimum Gasteiger partial charge on any atom is -0.490 e. The average Bonchev–Trinajstić information content (AvgIpc) is 3.65. The number of aryl methyl sites for hydroxylation is 2. The molecule has 1 saturated carbocycles. The van der Waals surface area contributed by atoms with Crippen LogP contribution >= 0.6 is 0 Å². The molecule has 192 valence electrons. The predicted octanol–water partition coefficient (Wildman–Crippen LogP) is 3.61. The molecule has 2 aliphatic heterocycles. The van der Waals surface area contributed by atoms with E-state index in [1.807, 2.05) is 4.57 Å². The molecular formula is C28H30FN5O3. The van der Waals surface area contributed by atoms with Crippen molar-refractivity contribution in [3.8, 4) is 16.9 Å². The number of halogens is 1. The Morgan fingerprint density at radius 3 is 2.68 bits per heavy atom. The summed E-state index contributed by atoms with van der Waals surface area (Å²) in [5.41, 5.74) is 1.88. The quantitative estimate of drug-likeness (QED) is 0.416. The van der Waals surface area contributed by atoms with Crippen LogP contribution in [0.1, 0.15) is 38.5 Å². The fourth-order valence-electron chi connectivity index (χ4n) is 6.22. The fourth-order valence-corrected chi connectivity index (χ4v) is 6.22. The third kappa shape index (κ3) is 3.47. The van der Waals surface area contributed by atoms with Gasteiger partial charge in [0.05, 0.1) is 39.2 Å². The summed E-state index contributed by atoms with van der Waals surface area (Å²) < 4.78 is 27.1. The van der Waals surface area contributed by atoms with E-state index in [0.29, 0.717) is 34.3 Å². The lowest BCUT2D eigenvalue weighted by atomic mass is 10.0. The maximum atomic E-state index is 15.6. The second kappa shape index (κ2) is 8.28. The van der Waals surface area contributed by atoms with Crippen LogP contribution in [0.4, 0.5) is 4.39 Å². The number of hydrogen-bond donors (Lipinski definition) is 0. The predicted molar refractivity (Wildman–Crippen MR) is 140 cm³/mol. The summed E-state index contributed by atoms with van der Waals surface area (Å²) in [7, 11) is 1.74. The van der Waals surface area contributed by atoms with Crippen molar-refractivity contribution in [2.24, 2.45) is 7.05 Å². The van der Waals surface area contributed by atoms with E-state index in [-0.39, 0.29) is 23.4 Å². The number of piperidine rings is 1. The number of ether oxygens (including phenoxy) is 1. The van der Waals surface area contributed by atoms with Gasteiger partial charge in [-0.1, -0.05) is 6.42 Å². The van der Waals surface area contributed by atoms with Crippen molar-refractivity contribution in [2.75, 3.05) is 26.2 Å². The number of imidazole rings is 1. The van der Waals surface area contributed by atoms with E-state index < -0.39 is 11.4 Å². The van der Waals surface area contributed by atoms with E-state index in [1.165, 1.54) is 31.4 Å². The first-order chi connectivity index (χ1) is 18.0. The molecule has 0 unspecified atom stereocenters. The standard InChI is InChI=1S/C28H30FN5O3/c1-31-21-16-30-20-15-19(29)23(26-24(20)25(21)34(27(31)36)28(7-8-28)17-37-26)18-6-13-33(22(35)14-18)12-5-11-32-9-3-2-4-10-32/h6,13-16H,2-5,7-12,17H2,1H3. The average molecular weight is 504 g/mol. The number of fused-ring (bicyclic) bond motifs is 1. The molecule has 1 saturated heterocycles. The van der Waals surface area contributed by atoms with Gasteiger partial charge in [-0.15, -0.1) is 0 Å². The highest BCUT2D eigenvalue weighted by Crippen LogP contribution is 2.51. The second-order valence-corrected chi connectivity index (χ2v) is 10.8. The molecule has 0 atom stereocenters. The van der Waals surface area contributed by atoms with Gasteiger partial charge < -0.3 is 14.2 Å². The summed E-state index contributed by atoms with van der Waals surface area (Å²) in [5.74, 6) is -0.133. The Labute approximate surface area is 212 Å². The highest BCUT2D eigenvalue weighted by Gasteiger charge is 2.50. The molecule has 1 aliphatic carbocycles. The smallest absolute Gasteiger partial charge is 0.329 e. The first-order valence-corrected chi connectivity index (χ1v) is 13.3. The second-order valence-electron chi connectivity index (χ2n) is 10.8. The summed E-state index contributed by atoms with van der Waals surface area (Å²) >= 11 is 0. The Bertz CT molecular complexity index is 1670. The van der Waals surface area contributed by atoms with Crippen molar-refractivity contribution in [3.05, 3.63) is 57.2 Å². The maximum absolute atomic E-state index is 15.6. The Kier molecular flexibility index (Phi) is 5.08. The molecule has 0 bridgehead atoms. The van der Waals surface area contributed by atoms with Gasteiger partial charge in [0.1, 0.15) is 18.2 Å². The Balaban J connectivity index is 1.31. The van der Waals surface area contributed by atoms with Gasteiger partial charge in [-0.2, -0.15) is 0 Å². The van der Waals surface area contributed by atoms with Gasteiger partial charge in [0.15, 0.2) is 0 Å². The molecule has 0 radical (unpaired) electrons. The van der Waals surface area contributed by atoms with E-state index in [4.69, 9.17) is 4.74 Å². The zero-order chi connectivity index (χ0) is 25.3. The minimum absolute atomic E-state index is 0.115. The first-order valence-electron chi connectivity index (χ1n) is 13.3. The van der Waals surface area contributed by atoms with E-state index in [1.54, 1.807) is 34.6 Å². The fraction of sp³-hybridized carbons (Fsp3) is 0.464. The molecule has 1 spiro atoms. The Morgan fingerprint density at radius 2 is 1.92 bits per heavy atom. The molecule has 9 heteroatoms. The normalized spacial score (nSPS) is 18.5. The van der Waals surface area contributed by atoms with Gasteiger partial charge in [0, 0.05) is 31.9 Å². The lowest BCUT2D eigenvalue weighted by Crippen LogP contribution is -2.34. The van der Waals surface area contributed by atoms with Crippen LogP contribution < -0.4 is 16.0 Å². The van der Waals surface area contributed by atoms with Gasteiger partial charge in [-0.3, -0.25) is 18.9 Å². The SMILES string of the molecule is Cn1c(=O)n2c3c4c(c(-c5ccn(CCCN6CCCCC6)c(=O)c5)c(F)cc4ncc31)OCC21CC1. The highest BCUT2D eigenvalue weighted by molar-refractivity contribution is 6.09. The molecule has 5 heterocycles. The number of likely N-dealkylation sites (tertiary alicyclic amines) is 1. The van der Waals surface area contributed by atoms with Crippen LogP contribution in [0.3, 0.4) is 0 Å². The maximum Gasteiger partial charge on any atom is 0.329 e. The van der Waals surface area contributed by atoms with Crippen LogP contribution in [-0.4, -0.2) is 49.8 Å². The Morgan fingerprint density at radius 1 is 1.11 bits per heavy atom. The van der Waals surface area contributed by atoms with Crippen molar-refractivity contribution >= 4 is 21.9 Å². The third-order valence-corrected chi connectivity index (χ3v) is 8.47. The van der Waals surface area contributed by atoms with Crippen LogP contribution in [-0.2, 0) is 19.1 Å². The number of hydrogen-bond acceptors (Lipinski definition) is 5. The van der Waals surface area contributed by atoms with Crippen molar-refractivity contribution in [1.29, 1.82) is 0 Å². The van der Waals surface area contributed by atoms with Crippen LogP contribution in [0.2, 0.25) is 0 Å². The zero-order valence-electron chi connectivity index (χ0n) is 21.0. The number of rotatable bonds is 5. The van der Waals surface area contributed by atoms with Gasteiger partial charge in [0.2, 0.25) is 0 Å². The van der Waals surface area contributed by atoms with Crippen LogP contribution in [0.15, 0.2) is 40.2 Å². The largest absolute Gasteiger partial charge is 0.490 e. The molecule has 0 amide bonds. The van der Waals surface area contributed by atoms with E-state index in [0.717, 1.165) is 44.4 Å². The number of benzene rings is 1. The summed E-state index contributed by atoms with van der Waals surface area (Å²) in [4.78, 5) is 33.2. The van der Waals surface area contributed by atoms with Crippen molar-refractivity contribution in [2.45, 2.75) is 50.6 Å². The molecule has 37 heavy (non-hydrogen) atoms. The molecule has 8 nitrogen and oxygen atoms in total. The van der Waals surface area contributed by atoms with Gasteiger partial charge >= 0.3 is 5.69 Å². The summed E-state index contributed by atoms with van der Waals surface area (Å²) in [6.45, 7) is 4.16. The Hall–Kier alpha value is -3.46. The monoisotopic (exact) mass is 503 g/mol. The molecule has 1 aromatic carbocycles. The van der Waals surface area contributed by atoms with Crippen LogP contribution in [0.5, 0.6) is 5.75 Å². The number of nitrogens with zero attached hydrogens (tertiary/aromatic N) is 5. The zero-order valence-corrected chi connectivity index (χ0v) is 21.0. The van der Waals surface area contributed by atoms with Crippen LogP contribution in [0, 0.1) is 5.82 Å². The summed E-state index contributed by atoms with van der Waals surface area (Å²) in [6.07, 6.45) is 9.74. The van der Waals surface area contributed by atoms with Gasteiger partial charge in [0.25, 0.3) is 5.56 Å². The molecular weight excluding hydrogens is 473 g/mol. The lowest BCUT2D eigenvalue weighted by Gasteiger charge is -2.26. The van der Waals surface area contributed by atoms with Crippen molar-refractivity contribution < 1.29 is 9.13 Å². The highest BCUT2D eigenvalue weighted by atomic mass is 19.1. The van der Waals surface area contributed by atoms with Crippen LogP contribution in [0.25, 0.3) is 33.1 Å². The van der Waals surface area contributed by atoms with Gasteiger partial charge in [-0.05, 0) is 63.4 Å². The number of aromatic nitrogens is 4. The molecule has 4 aromatic rings. The topological polar surface area (TPSA) is 74.3 Å². The van der Waals surface area contributed by atoms with Crippen molar-refractivity contribution in [1.82, 2.24) is 23.6 Å². The molecule has 7 rings (SSSR count). The lowest BCUT2D eigenvalue weighted by molar-refractivity contribution is 0.222. The summed E-state index contributed by atoms with van der Waals surface area (Å²) in [6, 6.07) is 4.66. The molecule has 3 aromatic heterocycles. The van der Waals surface area contributed by atoms with Gasteiger partial charge in [-0.25, -0.2) is 9.18 Å². The first kappa shape index (κ1) is 22.7. The minimum atomic E-state index is -0.492. The van der Waals surface area contributed by atoms with Crippen molar-refractivity contribution in [3.63, 3.8) is 0 Å². The van der Waals surface area contributed by atoms with E-state index in [2.05, 4.69) is 9.88 Å². The third-order valence-electron chi connectivity index (χ3n) is 8.47. The molecule has 2 fully saturated rings. The van der Waals surface area contributed by atoms with E-state index >= 15 is 4.39 Å². The molecule has 3 aliphatic rings. The van der Waals surface area contributed by atoms with E-state index in [9.17, 15) is 9.59 Å².